The Kier molecular flexibility index (Phi) is 4.37. The van der Waals surface area contributed by atoms with Crippen molar-refractivity contribution in [3.8, 4) is 0 Å². The highest BCUT2D eigenvalue weighted by molar-refractivity contribution is 5.88. The Balaban J connectivity index is 2.04. The molecule has 1 aliphatic heterocycles. The lowest BCUT2D eigenvalue weighted by atomic mass is 9.81. The van der Waals surface area contributed by atoms with Crippen molar-refractivity contribution in [1.82, 2.24) is 9.88 Å². The Morgan fingerprint density at radius 3 is 2.86 bits per heavy atom. The highest BCUT2D eigenvalue weighted by atomic mass is 16.2. The summed E-state index contributed by atoms with van der Waals surface area (Å²) in [5.74, 6) is 1.78. The number of hydrogen-bond donors (Lipinski definition) is 2. The number of rotatable bonds is 3. The molecule has 2 atom stereocenters. The fraction of sp³-hybridized carbons (Fsp3) is 0.600. The first-order chi connectivity index (χ1) is 9.85. The second-order valence-electron chi connectivity index (χ2n) is 6.35. The van der Waals surface area contributed by atoms with E-state index in [0.717, 1.165) is 12.4 Å². The summed E-state index contributed by atoms with van der Waals surface area (Å²) < 4.78 is 0. The lowest BCUT2D eigenvalue weighted by molar-refractivity contribution is 0.215. The molecule has 1 aromatic rings. The molecule has 21 heavy (non-hydrogen) atoms. The van der Waals surface area contributed by atoms with Crippen molar-refractivity contribution in [1.29, 1.82) is 0 Å². The Morgan fingerprint density at radius 2 is 2.29 bits per heavy atom. The van der Waals surface area contributed by atoms with E-state index >= 15 is 0 Å². The van der Waals surface area contributed by atoms with Gasteiger partial charge in [0.2, 0.25) is 0 Å². The van der Waals surface area contributed by atoms with Crippen molar-refractivity contribution in [2.75, 3.05) is 43.9 Å². The van der Waals surface area contributed by atoms with Gasteiger partial charge in [-0.05, 0) is 24.6 Å². The molecule has 6 heteroatoms. The number of aromatic nitrogens is 1. The van der Waals surface area contributed by atoms with Crippen LogP contribution in [0.4, 0.5) is 16.4 Å². The smallest absolute Gasteiger partial charge is 0.323 e. The number of carbonyl (C=O) groups is 1. The number of likely N-dealkylation sites (tertiary alicyclic amines) is 1. The zero-order valence-electron chi connectivity index (χ0n) is 13.3. The second-order valence-corrected chi connectivity index (χ2v) is 6.35. The van der Waals surface area contributed by atoms with Gasteiger partial charge in [0, 0.05) is 32.6 Å². The molecule has 0 saturated carbocycles. The summed E-state index contributed by atoms with van der Waals surface area (Å²) in [6, 6.07) is 5.47. The minimum absolute atomic E-state index is 0.00372. The van der Waals surface area contributed by atoms with Crippen LogP contribution in [0.3, 0.4) is 0 Å². The molecule has 2 heterocycles. The third-order valence-corrected chi connectivity index (χ3v) is 4.42. The van der Waals surface area contributed by atoms with E-state index in [4.69, 9.17) is 5.73 Å². The van der Waals surface area contributed by atoms with Crippen molar-refractivity contribution in [2.45, 2.75) is 13.8 Å². The van der Waals surface area contributed by atoms with E-state index in [1.807, 2.05) is 36.0 Å². The summed E-state index contributed by atoms with van der Waals surface area (Å²) in [6.45, 7) is 6.28. The molecule has 2 amide bonds. The van der Waals surface area contributed by atoms with Gasteiger partial charge in [0.1, 0.15) is 11.6 Å². The van der Waals surface area contributed by atoms with Gasteiger partial charge in [0.05, 0.1) is 0 Å². The molecule has 116 valence electrons. The van der Waals surface area contributed by atoms with Gasteiger partial charge in [-0.15, -0.1) is 0 Å². The lowest BCUT2D eigenvalue weighted by Crippen LogP contribution is -2.37. The van der Waals surface area contributed by atoms with Gasteiger partial charge in [-0.25, -0.2) is 9.78 Å². The van der Waals surface area contributed by atoms with Crippen LogP contribution in [0.15, 0.2) is 18.2 Å². The monoisotopic (exact) mass is 291 g/mol. The van der Waals surface area contributed by atoms with Crippen LogP contribution in [-0.4, -0.2) is 49.6 Å². The number of amides is 2. The molecule has 1 aromatic heterocycles. The molecule has 2 rings (SSSR count). The quantitative estimate of drug-likeness (QED) is 0.887. The molecule has 0 bridgehead atoms. The average molecular weight is 291 g/mol. The molecule has 0 spiro atoms. The summed E-state index contributed by atoms with van der Waals surface area (Å²) in [7, 11) is 3.84. The van der Waals surface area contributed by atoms with Gasteiger partial charge in [-0.3, -0.25) is 5.32 Å². The van der Waals surface area contributed by atoms with Crippen LogP contribution in [0.2, 0.25) is 0 Å². The third-order valence-electron chi connectivity index (χ3n) is 4.42. The molecular formula is C15H25N5O. The number of nitrogens with two attached hydrogens (primary N) is 1. The first kappa shape index (κ1) is 15.6. The zero-order valence-corrected chi connectivity index (χ0v) is 13.3. The van der Waals surface area contributed by atoms with Gasteiger partial charge in [-0.2, -0.15) is 0 Å². The van der Waals surface area contributed by atoms with Crippen molar-refractivity contribution < 1.29 is 4.79 Å². The Morgan fingerprint density at radius 1 is 1.57 bits per heavy atom. The predicted molar refractivity (Wildman–Crippen MR) is 85.5 cm³/mol. The molecule has 0 radical (unpaired) electrons. The number of pyridine rings is 1. The maximum Gasteiger partial charge on any atom is 0.323 e. The van der Waals surface area contributed by atoms with Crippen molar-refractivity contribution >= 4 is 17.7 Å². The largest absolute Gasteiger partial charge is 0.363 e. The minimum Gasteiger partial charge on any atom is -0.363 e. The maximum atomic E-state index is 12.4. The van der Waals surface area contributed by atoms with Crippen LogP contribution in [-0.2, 0) is 0 Å². The number of carbonyl (C=O) groups excluding carboxylic acids is 1. The molecule has 1 fully saturated rings. The van der Waals surface area contributed by atoms with Crippen LogP contribution < -0.4 is 16.0 Å². The maximum absolute atomic E-state index is 12.4. The van der Waals surface area contributed by atoms with E-state index in [1.54, 1.807) is 6.07 Å². The van der Waals surface area contributed by atoms with E-state index in [0.29, 0.717) is 24.8 Å². The number of urea groups is 1. The first-order valence-electron chi connectivity index (χ1n) is 7.26. The minimum atomic E-state index is -0.109. The van der Waals surface area contributed by atoms with Gasteiger partial charge >= 0.3 is 6.03 Å². The predicted octanol–water partition coefficient (Wildman–Crippen LogP) is 1.60. The van der Waals surface area contributed by atoms with Crippen LogP contribution in [0.1, 0.15) is 13.8 Å². The van der Waals surface area contributed by atoms with E-state index in [9.17, 15) is 4.79 Å². The highest BCUT2D eigenvalue weighted by Gasteiger charge is 2.41. The Bertz CT molecular complexity index is 519. The molecule has 0 aliphatic carbocycles. The Labute approximate surface area is 126 Å². The Hall–Kier alpha value is -1.82. The van der Waals surface area contributed by atoms with Gasteiger partial charge in [0.15, 0.2) is 0 Å². The van der Waals surface area contributed by atoms with E-state index in [2.05, 4.69) is 24.1 Å². The third kappa shape index (κ3) is 3.26. The molecule has 1 saturated heterocycles. The van der Waals surface area contributed by atoms with Crippen molar-refractivity contribution in [3.63, 3.8) is 0 Å². The zero-order chi connectivity index (χ0) is 15.6. The molecule has 0 unspecified atom stereocenters. The van der Waals surface area contributed by atoms with Crippen molar-refractivity contribution in [3.05, 3.63) is 18.2 Å². The first-order valence-corrected chi connectivity index (χ1v) is 7.26. The standard InChI is InChI=1S/C15H25N5O/c1-11-8-20(10-15(11,2)9-16)14(21)18-12-6-5-7-13(17-12)19(3)4/h5-7,11H,8-10,16H2,1-4H3,(H,17,18,21)/t11-,15-/m1/s1. The summed E-state index contributed by atoms with van der Waals surface area (Å²) in [6.07, 6.45) is 0. The normalized spacial score (nSPS) is 25.0. The van der Waals surface area contributed by atoms with Gasteiger partial charge in [-0.1, -0.05) is 19.9 Å². The summed E-state index contributed by atoms with van der Waals surface area (Å²) in [4.78, 5) is 20.5. The number of nitrogens with zero attached hydrogens (tertiary/aromatic N) is 3. The van der Waals surface area contributed by atoms with Crippen LogP contribution in [0.5, 0.6) is 0 Å². The van der Waals surface area contributed by atoms with E-state index in [-0.39, 0.29) is 11.4 Å². The highest BCUT2D eigenvalue weighted by Crippen LogP contribution is 2.34. The molecule has 1 aliphatic rings. The molecule has 3 N–H and O–H groups in total. The van der Waals surface area contributed by atoms with E-state index in [1.165, 1.54) is 0 Å². The topological polar surface area (TPSA) is 74.5 Å². The van der Waals surface area contributed by atoms with Crippen LogP contribution in [0.25, 0.3) is 0 Å². The SMILES string of the molecule is C[C@@H]1CN(C(=O)Nc2cccc(N(C)C)n2)C[C@@]1(C)CN. The molecule has 6 nitrogen and oxygen atoms in total. The summed E-state index contributed by atoms with van der Waals surface area (Å²) in [5.41, 5.74) is 5.85. The lowest BCUT2D eigenvalue weighted by Gasteiger charge is -2.25. The summed E-state index contributed by atoms with van der Waals surface area (Å²) in [5, 5.41) is 2.87. The van der Waals surface area contributed by atoms with Crippen LogP contribution >= 0.6 is 0 Å². The average Bonchev–Trinajstić information content (AvgIpc) is 2.76. The number of nitrogens with one attached hydrogen (secondary N) is 1. The van der Waals surface area contributed by atoms with E-state index < -0.39 is 0 Å². The number of hydrogen-bond acceptors (Lipinski definition) is 4. The van der Waals surface area contributed by atoms with Crippen molar-refractivity contribution in [2.24, 2.45) is 17.1 Å². The molecule has 0 aromatic carbocycles. The second kappa shape index (κ2) is 5.89. The number of anilines is 2. The van der Waals surface area contributed by atoms with Crippen LogP contribution in [0, 0.1) is 11.3 Å². The molecular weight excluding hydrogens is 266 g/mol. The summed E-state index contributed by atoms with van der Waals surface area (Å²) >= 11 is 0. The fourth-order valence-corrected chi connectivity index (χ4v) is 2.56. The van der Waals surface area contributed by atoms with Gasteiger partial charge < -0.3 is 15.5 Å². The van der Waals surface area contributed by atoms with Gasteiger partial charge in [0.25, 0.3) is 0 Å². The fourth-order valence-electron chi connectivity index (χ4n) is 2.56.